The molecule has 0 radical (unpaired) electrons. The minimum absolute atomic E-state index is 0.0310. The maximum atomic E-state index is 10.6. The third-order valence-electron chi connectivity index (χ3n) is 2.33. The Hall–Kier alpha value is -2.56. The SMILES string of the molecule is O=C=Nc1ccc(OCc2ccc(C(=O)O)o2)c(Cl)c1. The van der Waals surface area contributed by atoms with E-state index >= 15 is 0 Å². The van der Waals surface area contributed by atoms with Crippen molar-refractivity contribution in [1.82, 2.24) is 0 Å². The third kappa shape index (κ3) is 3.26. The topological polar surface area (TPSA) is 89.1 Å². The minimum Gasteiger partial charge on any atom is -0.484 e. The fourth-order valence-electron chi connectivity index (χ4n) is 1.45. The second-order valence-electron chi connectivity index (χ2n) is 3.68. The molecule has 1 N–H and O–H groups in total. The number of carboxylic acids is 1. The highest BCUT2D eigenvalue weighted by Gasteiger charge is 2.10. The monoisotopic (exact) mass is 293 g/mol. The average Bonchev–Trinajstić information content (AvgIpc) is 2.87. The summed E-state index contributed by atoms with van der Waals surface area (Å²) in [7, 11) is 0. The van der Waals surface area contributed by atoms with Crippen molar-refractivity contribution >= 4 is 29.3 Å². The molecule has 0 fully saturated rings. The number of hydrogen-bond donors (Lipinski definition) is 1. The molecule has 0 bridgehead atoms. The van der Waals surface area contributed by atoms with Gasteiger partial charge in [-0.3, -0.25) is 0 Å². The van der Waals surface area contributed by atoms with Crippen molar-refractivity contribution in [3.8, 4) is 5.75 Å². The van der Waals surface area contributed by atoms with Crippen molar-refractivity contribution in [2.24, 2.45) is 4.99 Å². The number of isocyanates is 1. The van der Waals surface area contributed by atoms with Crippen LogP contribution in [-0.4, -0.2) is 17.2 Å². The number of ether oxygens (including phenoxy) is 1. The Balaban J connectivity index is 2.06. The van der Waals surface area contributed by atoms with E-state index in [9.17, 15) is 9.59 Å². The number of aromatic carboxylic acids is 1. The van der Waals surface area contributed by atoms with Gasteiger partial charge >= 0.3 is 5.97 Å². The van der Waals surface area contributed by atoms with Crippen molar-refractivity contribution < 1.29 is 23.8 Å². The number of nitrogens with zero attached hydrogens (tertiary/aromatic N) is 1. The molecule has 0 spiro atoms. The largest absolute Gasteiger partial charge is 0.484 e. The van der Waals surface area contributed by atoms with Crippen LogP contribution < -0.4 is 4.74 Å². The van der Waals surface area contributed by atoms with Crippen LogP contribution in [0, 0.1) is 0 Å². The quantitative estimate of drug-likeness (QED) is 0.675. The Bertz CT molecular complexity index is 688. The Morgan fingerprint density at radius 1 is 1.40 bits per heavy atom. The predicted molar refractivity (Wildman–Crippen MR) is 69.2 cm³/mol. The van der Waals surface area contributed by atoms with Gasteiger partial charge in [0.25, 0.3) is 0 Å². The van der Waals surface area contributed by atoms with Gasteiger partial charge in [-0.25, -0.2) is 9.59 Å². The number of furan rings is 1. The summed E-state index contributed by atoms with van der Waals surface area (Å²) in [6.07, 6.45) is 1.41. The first-order valence-corrected chi connectivity index (χ1v) is 5.80. The molecule has 0 saturated carbocycles. The van der Waals surface area contributed by atoms with Gasteiger partial charge in [-0.1, -0.05) is 11.6 Å². The van der Waals surface area contributed by atoms with Gasteiger partial charge in [-0.15, -0.1) is 0 Å². The lowest BCUT2D eigenvalue weighted by atomic mass is 10.3. The van der Waals surface area contributed by atoms with Crippen LogP contribution in [0.5, 0.6) is 5.75 Å². The molecule has 0 saturated heterocycles. The van der Waals surface area contributed by atoms with Gasteiger partial charge in [0.15, 0.2) is 0 Å². The van der Waals surface area contributed by atoms with E-state index in [-0.39, 0.29) is 17.4 Å². The first-order valence-electron chi connectivity index (χ1n) is 5.42. The smallest absolute Gasteiger partial charge is 0.371 e. The maximum Gasteiger partial charge on any atom is 0.371 e. The molecule has 0 aliphatic heterocycles. The molecule has 0 aliphatic carbocycles. The van der Waals surface area contributed by atoms with Crippen LogP contribution in [0.2, 0.25) is 5.02 Å². The zero-order valence-electron chi connectivity index (χ0n) is 10.00. The van der Waals surface area contributed by atoms with Gasteiger partial charge in [-0.2, -0.15) is 4.99 Å². The standard InChI is InChI=1S/C13H8ClNO5/c14-10-5-8(15-7-16)1-3-11(10)19-6-9-2-4-12(20-9)13(17)18/h1-5H,6H2,(H,17,18). The highest BCUT2D eigenvalue weighted by Crippen LogP contribution is 2.29. The Morgan fingerprint density at radius 3 is 2.80 bits per heavy atom. The fourth-order valence-corrected chi connectivity index (χ4v) is 1.68. The minimum atomic E-state index is -1.15. The van der Waals surface area contributed by atoms with Crippen LogP contribution in [0.15, 0.2) is 39.7 Å². The molecule has 2 rings (SSSR count). The number of carboxylic acid groups (broad SMARTS) is 1. The molecule has 1 heterocycles. The van der Waals surface area contributed by atoms with Crippen LogP contribution in [0.1, 0.15) is 16.3 Å². The average molecular weight is 294 g/mol. The third-order valence-corrected chi connectivity index (χ3v) is 2.63. The van der Waals surface area contributed by atoms with E-state index in [2.05, 4.69) is 4.99 Å². The molecular weight excluding hydrogens is 286 g/mol. The molecule has 0 unspecified atom stereocenters. The van der Waals surface area contributed by atoms with Crippen molar-refractivity contribution in [3.63, 3.8) is 0 Å². The van der Waals surface area contributed by atoms with Gasteiger partial charge in [-0.05, 0) is 30.3 Å². The van der Waals surface area contributed by atoms with Gasteiger partial charge < -0.3 is 14.3 Å². The van der Waals surface area contributed by atoms with Crippen molar-refractivity contribution in [2.75, 3.05) is 0 Å². The zero-order chi connectivity index (χ0) is 14.5. The summed E-state index contributed by atoms with van der Waals surface area (Å²) in [6, 6.07) is 7.37. The zero-order valence-corrected chi connectivity index (χ0v) is 10.8. The van der Waals surface area contributed by atoms with E-state index in [1.807, 2.05) is 0 Å². The van der Waals surface area contributed by atoms with E-state index in [0.717, 1.165) is 0 Å². The first kappa shape index (κ1) is 13.9. The summed E-state index contributed by atoms with van der Waals surface area (Å²) in [4.78, 5) is 24.2. The Labute approximate surface area is 118 Å². The van der Waals surface area contributed by atoms with E-state index in [1.165, 1.54) is 30.3 Å². The van der Waals surface area contributed by atoms with Crippen LogP contribution in [0.3, 0.4) is 0 Å². The molecule has 6 nitrogen and oxygen atoms in total. The molecule has 0 atom stereocenters. The number of hydrogen-bond acceptors (Lipinski definition) is 5. The lowest BCUT2D eigenvalue weighted by Crippen LogP contribution is -1.95. The van der Waals surface area contributed by atoms with Gasteiger partial charge in [0.05, 0.1) is 10.7 Å². The van der Waals surface area contributed by atoms with Crippen molar-refractivity contribution in [2.45, 2.75) is 6.61 Å². The molecular formula is C13H8ClNO5. The Kier molecular flexibility index (Phi) is 4.20. The molecule has 1 aromatic heterocycles. The van der Waals surface area contributed by atoms with Gasteiger partial charge in [0, 0.05) is 0 Å². The van der Waals surface area contributed by atoms with Crippen LogP contribution in [0.25, 0.3) is 0 Å². The molecule has 0 amide bonds. The number of carbonyl (C=O) groups is 1. The molecule has 2 aromatic rings. The lowest BCUT2D eigenvalue weighted by Gasteiger charge is -2.06. The van der Waals surface area contributed by atoms with Crippen LogP contribution in [-0.2, 0) is 11.4 Å². The lowest BCUT2D eigenvalue weighted by molar-refractivity contribution is 0.0658. The second kappa shape index (κ2) is 6.06. The summed E-state index contributed by atoms with van der Waals surface area (Å²) >= 11 is 5.95. The highest BCUT2D eigenvalue weighted by atomic mass is 35.5. The van der Waals surface area contributed by atoms with Crippen molar-refractivity contribution in [3.05, 3.63) is 46.9 Å². The van der Waals surface area contributed by atoms with E-state index in [1.54, 1.807) is 6.07 Å². The molecule has 102 valence electrons. The highest BCUT2D eigenvalue weighted by molar-refractivity contribution is 6.32. The van der Waals surface area contributed by atoms with Crippen molar-refractivity contribution in [1.29, 1.82) is 0 Å². The number of aliphatic imine (C=N–C) groups is 1. The fraction of sp³-hybridized carbons (Fsp3) is 0.0769. The Morgan fingerprint density at radius 2 is 2.20 bits per heavy atom. The summed E-state index contributed by atoms with van der Waals surface area (Å²) in [5, 5.41) is 8.98. The summed E-state index contributed by atoms with van der Waals surface area (Å²) in [6.45, 7) is 0.0310. The number of carbonyl (C=O) groups excluding carboxylic acids is 1. The molecule has 1 aromatic carbocycles. The predicted octanol–water partition coefficient (Wildman–Crippen LogP) is 3.18. The molecule has 7 heteroatoms. The van der Waals surface area contributed by atoms with Crippen LogP contribution >= 0.6 is 11.6 Å². The van der Waals surface area contributed by atoms with Gasteiger partial charge in [0.1, 0.15) is 18.1 Å². The summed E-state index contributed by atoms with van der Waals surface area (Å²) < 4.78 is 10.4. The summed E-state index contributed by atoms with van der Waals surface area (Å²) in [5.74, 6) is -0.589. The number of halogens is 1. The first-order chi connectivity index (χ1) is 9.60. The normalized spacial score (nSPS) is 9.85. The summed E-state index contributed by atoms with van der Waals surface area (Å²) in [5.41, 5.74) is 0.364. The van der Waals surface area contributed by atoms with E-state index in [4.69, 9.17) is 25.9 Å². The van der Waals surface area contributed by atoms with E-state index in [0.29, 0.717) is 17.2 Å². The second-order valence-corrected chi connectivity index (χ2v) is 4.08. The van der Waals surface area contributed by atoms with E-state index < -0.39 is 5.97 Å². The van der Waals surface area contributed by atoms with Gasteiger partial charge in [0.2, 0.25) is 11.8 Å². The number of benzene rings is 1. The van der Waals surface area contributed by atoms with Crippen LogP contribution in [0.4, 0.5) is 5.69 Å². The number of rotatable bonds is 5. The molecule has 0 aliphatic rings. The molecule has 20 heavy (non-hydrogen) atoms. The maximum absolute atomic E-state index is 10.6.